The lowest BCUT2D eigenvalue weighted by Gasteiger charge is -2.18. The Balaban J connectivity index is 1.57. The van der Waals surface area contributed by atoms with E-state index in [0.29, 0.717) is 23.9 Å². The van der Waals surface area contributed by atoms with Gasteiger partial charge in [-0.05, 0) is 47.0 Å². The standard InChI is InChI=1S/C21H19ClF3N5O2S/c22-17-9-8-14(11-16(17)21(23,24)25)26-19(31)18(13-5-2-1-3-6-13)33-20-27-28-29-30(20)12-15-7-4-10-32-15/h1-3,5-6,8-9,11,15,18H,4,7,10,12H2,(H,26,31). The van der Waals surface area contributed by atoms with Gasteiger partial charge in [-0.2, -0.15) is 13.2 Å². The number of alkyl halides is 3. The largest absolute Gasteiger partial charge is 0.417 e. The third-order valence-electron chi connectivity index (χ3n) is 5.00. The summed E-state index contributed by atoms with van der Waals surface area (Å²) in [4.78, 5) is 13.2. The Hall–Kier alpha value is -2.63. The molecule has 12 heteroatoms. The predicted molar refractivity (Wildman–Crippen MR) is 117 cm³/mol. The number of tetrazole rings is 1. The highest BCUT2D eigenvalue weighted by Crippen LogP contribution is 2.38. The summed E-state index contributed by atoms with van der Waals surface area (Å²) >= 11 is 6.80. The first-order valence-electron chi connectivity index (χ1n) is 10.1. The summed E-state index contributed by atoms with van der Waals surface area (Å²) in [6.07, 6.45) is -2.79. The number of carbonyl (C=O) groups is 1. The van der Waals surface area contributed by atoms with Gasteiger partial charge in [0, 0.05) is 12.3 Å². The topological polar surface area (TPSA) is 81.9 Å². The summed E-state index contributed by atoms with van der Waals surface area (Å²) in [6, 6.07) is 12.1. The number of halogens is 4. The fraction of sp³-hybridized carbons (Fsp3) is 0.333. The zero-order valence-corrected chi connectivity index (χ0v) is 18.7. The first-order valence-corrected chi connectivity index (χ1v) is 11.3. The number of hydrogen-bond acceptors (Lipinski definition) is 6. The second-order valence-corrected chi connectivity index (χ2v) is 8.85. The zero-order chi connectivity index (χ0) is 23.4. The average Bonchev–Trinajstić information content (AvgIpc) is 3.45. The fourth-order valence-electron chi connectivity index (χ4n) is 3.41. The van der Waals surface area contributed by atoms with Gasteiger partial charge in [-0.15, -0.1) is 5.10 Å². The van der Waals surface area contributed by atoms with Crippen molar-refractivity contribution < 1.29 is 22.7 Å². The van der Waals surface area contributed by atoms with Gasteiger partial charge in [0.1, 0.15) is 5.25 Å². The van der Waals surface area contributed by atoms with E-state index < -0.39 is 27.9 Å². The van der Waals surface area contributed by atoms with Gasteiger partial charge in [-0.1, -0.05) is 53.7 Å². The number of amides is 1. The van der Waals surface area contributed by atoms with E-state index in [2.05, 4.69) is 20.8 Å². The van der Waals surface area contributed by atoms with Crippen LogP contribution in [0.15, 0.2) is 53.7 Å². The molecule has 33 heavy (non-hydrogen) atoms. The van der Waals surface area contributed by atoms with Crippen molar-refractivity contribution in [2.24, 2.45) is 0 Å². The van der Waals surface area contributed by atoms with Gasteiger partial charge < -0.3 is 10.1 Å². The lowest BCUT2D eigenvalue weighted by atomic mass is 10.1. The Morgan fingerprint density at radius 1 is 1.27 bits per heavy atom. The molecule has 174 valence electrons. The highest BCUT2D eigenvalue weighted by Gasteiger charge is 2.34. The molecule has 3 aromatic rings. The number of nitrogens with zero attached hydrogens (tertiary/aromatic N) is 4. The lowest BCUT2D eigenvalue weighted by molar-refractivity contribution is -0.137. The molecule has 1 aliphatic rings. The van der Waals surface area contributed by atoms with Crippen molar-refractivity contribution in [2.45, 2.75) is 42.1 Å². The number of hydrogen-bond donors (Lipinski definition) is 1. The average molecular weight is 498 g/mol. The van der Waals surface area contributed by atoms with E-state index in [1.165, 1.54) is 6.07 Å². The van der Waals surface area contributed by atoms with Crippen LogP contribution in [0.3, 0.4) is 0 Å². The van der Waals surface area contributed by atoms with Gasteiger partial charge in [-0.3, -0.25) is 4.79 Å². The smallest absolute Gasteiger partial charge is 0.376 e. The molecule has 0 spiro atoms. The number of anilines is 1. The molecule has 1 N–H and O–H groups in total. The van der Waals surface area contributed by atoms with Crippen LogP contribution >= 0.6 is 23.4 Å². The molecule has 7 nitrogen and oxygen atoms in total. The Labute approximate surface area is 196 Å². The monoisotopic (exact) mass is 497 g/mol. The van der Waals surface area contributed by atoms with Crippen LogP contribution in [0.25, 0.3) is 0 Å². The number of benzene rings is 2. The molecular formula is C21H19ClF3N5O2S. The first kappa shape index (κ1) is 23.5. The van der Waals surface area contributed by atoms with E-state index in [1.807, 2.05) is 0 Å². The van der Waals surface area contributed by atoms with Crippen molar-refractivity contribution in [1.29, 1.82) is 0 Å². The molecule has 0 bridgehead atoms. The molecule has 2 heterocycles. The van der Waals surface area contributed by atoms with Crippen LogP contribution in [-0.2, 0) is 22.3 Å². The summed E-state index contributed by atoms with van der Waals surface area (Å²) in [5.74, 6) is -0.520. The number of thioether (sulfide) groups is 1. The Bertz CT molecular complexity index is 1110. The molecular weight excluding hydrogens is 479 g/mol. The van der Waals surface area contributed by atoms with E-state index >= 15 is 0 Å². The summed E-state index contributed by atoms with van der Waals surface area (Å²) in [5.41, 5.74) is -0.389. The Morgan fingerprint density at radius 3 is 2.76 bits per heavy atom. The van der Waals surface area contributed by atoms with E-state index in [0.717, 1.165) is 36.7 Å². The van der Waals surface area contributed by atoms with Gasteiger partial charge in [0.2, 0.25) is 11.1 Å². The van der Waals surface area contributed by atoms with Crippen LogP contribution in [0, 0.1) is 0 Å². The molecule has 1 aliphatic heterocycles. The third-order valence-corrected chi connectivity index (χ3v) is 6.56. The van der Waals surface area contributed by atoms with Crippen molar-refractivity contribution in [3.8, 4) is 0 Å². The van der Waals surface area contributed by atoms with Crippen LogP contribution in [0.5, 0.6) is 0 Å². The van der Waals surface area contributed by atoms with E-state index in [-0.39, 0.29) is 11.8 Å². The predicted octanol–water partition coefficient (Wildman–Crippen LogP) is 5.00. The van der Waals surface area contributed by atoms with E-state index in [4.69, 9.17) is 16.3 Å². The molecule has 0 aliphatic carbocycles. The molecule has 4 rings (SSSR count). The quantitative estimate of drug-likeness (QED) is 0.463. The molecule has 1 amide bonds. The minimum absolute atomic E-state index is 0.00768. The van der Waals surface area contributed by atoms with Crippen molar-refractivity contribution >= 4 is 35.0 Å². The highest BCUT2D eigenvalue weighted by atomic mass is 35.5. The number of aromatic nitrogens is 4. The molecule has 2 unspecified atom stereocenters. The zero-order valence-electron chi connectivity index (χ0n) is 17.1. The normalized spacial score (nSPS) is 17.2. The Morgan fingerprint density at radius 2 is 2.06 bits per heavy atom. The number of rotatable bonds is 7. The molecule has 2 aromatic carbocycles. The molecule has 1 saturated heterocycles. The minimum atomic E-state index is -4.64. The molecule has 1 aromatic heterocycles. The number of carbonyl (C=O) groups excluding carboxylic acids is 1. The van der Waals surface area contributed by atoms with Crippen molar-refractivity contribution in [2.75, 3.05) is 11.9 Å². The molecule has 1 fully saturated rings. The van der Waals surface area contributed by atoms with Gasteiger partial charge in [-0.25, -0.2) is 4.68 Å². The maximum absolute atomic E-state index is 13.2. The van der Waals surface area contributed by atoms with Gasteiger partial charge in [0.05, 0.1) is 23.2 Å². The molecule has 0 saturated carbocycles. The Kier molecular flexibility index (Phi) is 7.20. The molecule has 0 radical (unpaired) electrons. The second kappa shape index (κ2) is 10.1. The van der Waals surface area contributed by atoms with Crippen molar-refractivity contribution in [3.63, 3.8) is 0 Å². The van der Waals surface area contributed by atoms with E-state index in [1.54, 1.807) is 35.0 Å². The summed E-state index contributed by atoms with van der Waals surface area (Å²) < 4.78 is 46.9. The first-order chi connectivity index (χ1) is 15.8. The SMILES string of the molecule is O=C(Nc1ccc(Cl)c(C(F)(F)F)c1)C(Sc1nnnn1CC1CCCO1)c1ccccc1. The highest BCUT2D eigenvalue weighted by molar-refractivity contribution is 8.00. The maximum atomic E-state index is 13.2. The third kappa shape index (κ3) is 5.84. The fourth-order valence-corrected chi connectivity index (χ4v) is 4.62. The number of nitrogens with one attached hydrogen (secondary N) is 1. The van der Waals surface area contributed by atoms with Gasteiger partial charge in [0.15, 0.2) is 0 Å². The van der Waals surface area contributed by atoms with E-state index in [9.17, 15) is 18.0 Å². The van der Waals surface area contributed by atoms with Gasteiger partial charge >= 0.3 is 6.18 Å². The van der Waals surface area contributed by atoms with Crippen LogP contribution in [0.4, 0.5) is 18.9 Å². The van der Waals surface area contributed by atoms with Gasteiger partial charge in [0.25, 0.3) is 0 Å². The van der Waals surface area contributed by atoms with Crippen LogP contribution < -0.4 is 5.32 Å². The van der Waals surface area contributed by atoms with Crippen molar-refractivity contribution in [3.05, 3.63) is 64.7 Å². The second-order valence-electron chi connectivity index (χ2n) is 7.37. The molecule has 2 atom stereocenters. The lowest BCUT2D eigenvalue weighted by Crippen LogP contribution is -2.21. The maximum Gasteiger partial charge on any atom is 0.417 e. The summed E-state index contributed by atoms with van der Waals surface area (Å²) in [7, 11) is 0. The minimum Gasteiger partial charge on any atom is -0.376 e. The number of ether oxygens (including phenoxy) is 1. The van der Waals surface area contributed by atoms with Crippen molar-refractivity contribution in [1.82, 2.24) is 20.2 Å². The van der Waals surface area contributed by atoms with Crippen LogP contribution in [-0.4, -0.2) is 38.8 Å². The van der Waals surface area contributed by atoms with Crippen LogP contribution in [0.2, 0.25) is 5.02 Å². The summed E-state index contributed by atoms with van der Waals surface area (Å²) in [6.45, 7) is 1.13. The summed E-state index contributed by atoms with van der Waals surface area (Å²) in [5, 5.41) is 13.5. The van der Waals surface area contributed by atoms with Crippen LogP contribution in [0.1, 0.15) is 29.2 Å².